The Morgan fingerprint density at radius 3 is 2.80 bits per heavy atom. The molecular weight excluding hydrogens is 270 g/mol. The summed E-state index contributed by atoms with van der Waals surface area (Å²) in [6, 6.07) is 6.16. The van der Waals surface area contributed by atoms with Gasteiger partial charge in [0.1, 0.15) is 11.9 Å². The molecule has 1 atom stereocenters. The standard InChI is InChI=1S/C17H26ClNO/c1-2-3-4-5-6-7-14-8-9-15(12-17(14)18)20-16-10-11-19-13-16/h8-9,12,16,19H,2-7,10-11,13H2,1H3. The van der Waals surface area contributed by atoms with Gasteiger partial charge in [-0.25, -0.2) is 0 Å². The van der Waals surface area contributed by atoms with Crippen LogP contribution in [-0.4, -0.2) is 19.2 Å². The predicted octanol–water partition coefficient (Wildman–Crippen LogP) is 4.59. The van der Waals surface area contributed by atoms with Gasteiger partial charge in [-0.15, -0.1) is 0 Å². The van der Waals surface area contributed by atoms with E-state index in [0.29, 0.717) is 6.10 Å². The molecule has 2 nitrogen and oxygen atoms in total. The van der Waals surface area contributed by atoms with Crippen molar-refractivity contribution in [2.75, 3.05) is 13.1 Å². The van der Waals surface area contributed by atoms with Crippen molar-refractivity contribution in [2.45, 2.75) is 58.0 Å². The molecule has 1 saturated heterocycles. The van der Waals surface area contributed by atoms with Gasteiger partial charge in [0.15, 0.2) is 0 Å². The van der Waals surface area contributed by atoms with Crippen LogP contribution in [0.15, 0.2) is 18.2 Å². The number of halogens is 1. The van der Waals surface area contributed by atoms with Crippen molar-refractivity contribution < 1.29 is 4.74 Å². The summed E-state index contributed by atoms with van der Waals surface area (Å²) in [5.41, 5.74) is 1.25. The van der Waals surface area contributed by atoms with Crippen LogP contribution in [0.4, 0.5) is 0 Å². The molecule has 0 spiro atoms. The summed E-state index contributed by atoms with van der Waals surface area (Å²) in [5.74, 6) is 0.901. The Bertz CT molecular complexity index is 402. The zero-order chi connectivity index (χ0) is 14.2. The molecule has 3 heteroatoms. The van der Waals surface area contributed by atoms with E-state index in [1.54, 1.807) is 0 Å². The van der Waals surface area contributed by atoms with Gasteiger partial charge in [0.25, 0.3) is 0 Å². The van der Waals surface area contributed by atoms with E-state index in [2.05, 4.69) is 24.4 Å². The minimum Gasteiger partial charge on any atom is -0.489 e. The smallest absolute Gasteiger partial charge is 0.121 e. The number of hydrogen-bond acceptors (Lipinski definition) is 2. The van der Waals surface area contributed by atoms with Crippen LogP contribution in [0.3, 0.4) is 0 Å². The van der Waals surface area contributed by atoms with E-state index in [0.717, 1.165) is 36.7 Å². The second-order valence-corrected chi connectivity index (χ2v) is 6.06. The third-order valence-corrected chi connectivity index (χ3v) is 4.24. The first kappa shape index (κ1) is 15.7. The second kappa shape index (κ2) is 8.53. The predicted molar refractivity (Wildman–Crippen MR) is 85.8 cm³/mol. The van der Waals surface area contributed by atoms with E-state index >= 15 is 0 Å². The van der Waals surface area contributed by atoms with Gasteiger partial charge in [0.05, 0.1) is 0 Å². The van der Waals surface area contributed by atoms with E-state index < -0.39 is 0 Å². The van der Waals surface area contributed by atoms with Crippen molar-refractivity contribution in [1.29, 1.82) is 0 Å². The molecule has 1 N–H and O–H groups in total. The maximum Gasteiger partial charge on any atom is 0.121 e. The Morgan fingerprint density at radius 2 is 2.10 bits per heavy atom. The lowest BCUT2D eigenvalue weighted by atomic mass is 10.1. The molecule has 1 heterocycles. The van der Waals surface area contributed by atoms with E-state index in [-0.39, 0.29) is 0 Å². The molecule has 0 aromatic heterocycles. The molecule has 2 rings (SSSR count). The number of benzene rings is 1. The average Bonchev–Trinajstić information content (AvgIpc) is 2.93. The number of hydrogen-bond donors (Lipinski definition) is 1. The van der Waals surface area contributed by atoms with Crippen molar-refractivity contribution in [3.63, 3.8) is 0 Å². The summed E-state index contributed by atoms with van der Waals surface area (Å²) < 4.78 is 5.92. The lowest BCUT2D eigenvalue weighted by Gasteiger charge is -2.13. The minimum absolute atomic E-state index is 0.297. The molecule has 1 aliphatic heterocycles. The highest BCUT2D eigenvalue weighted by atomic mass is 35.5. The van der Waals surface area contributed by atoms with Gasteiger partial charge in [-0.05, 0) is 43.5 Å². The molecule has 0 aliphatic carbocycles. The van der Waals surface area contributed by atoms with Crippen LogP contribution in [0.1, 0.15) is 51.0 Å². The second-order valence-electron chi connectivity index (χ2n) is 5.65. The van der Waals surface area contributed by atoms with Crippen molar-refractivity contribution in [2.24, 2.45) is 0 Å². The van der Waals surface area contributed by atoms with Crippen LogP contribution >= 0.6 is 11.6 Å². The molecule has 1 aromatic carbocycles. The van der Waals surface area contributed by atoms with E-state index in [1.807, 2.05) is 6.07 Å². The Kier molecular flexibility index (Phi) is 6.68. The first-order valence-electron chi connectivity index (χ1n) is 7.95. The van der Waals surface area contributed by atoms with Gasteiger partial charge in [0, 0.05) is 11.6 Å². The molecule has 112 valence electrons. The quantitative estimate of drug-likeness (QED) is 0.708. The Balaban J connectivity index is 1.79. The number of rotatable bonds is 8. The third-order valence-electron chi connectivity index (χ3n) is 3.89. The first-order valence-corrected chi connectivity index (χ1v) is 8.33. The molecule has 1 aliphatic rings. The lowest BCUT2D eigenvalue weighted by Crippen LogP contribution is -2.19. The van der Waals surface area contributed by atoms with Crippen LogP contribution in [0.2, 0.25) is 5.02 Å². The summed E-state index contributed by atoms with van der Waals surface area (Å²) in [6.45, 7) is 4.24. The topological polar surface area (TPSA) is 21.3 Å². The highest BCUT2D eigenvalue weighted by molar-refractivity contribution is 6.31. The Morgan fingerprint density at radius 1 is 1.25 bits per heavy atom. The molecule has 0 saturated carbocycles. The highest BCUT2D eigenvalue weighted by Crippen LogP contribution is 2.25. The molecule has 0 radical (unpaired) electrons. The molecule has 20 heavy (non-hydrogen) atoms. The summed E-state index contributed by atoms with van der Waals surface area (Å²) in [7, 11) is 0. The summed E-state index contributed by atoms with van der Waals surface area (Å²) in [4.78, 5) is 0. The van der Waals surface area contributed by atoms with Crippen LogP contribution in [0.5, 0.6) is 5.75 Å². The van der Waals surface area contributed by atoms with Gasteiger partial charge in [-0.1, -0.05) is 50.3 Å². The normalized spacial score (nSPS) is 18.4. The molecule has 1 fully saturated rings. The van der Waals surface area contributed by atoms with E-state index in [9.17, 15) is 0 Å². The third kappa shape index (κ3) is 4.99. The van der Waals surface area contributed by atoms with Crippen molar-refractivity contribution >= 4 is 11.6 Å². The van der Waals surface area contributed by atoms with Crippen LogP contribution in [-0.2, 0) is 6.42 Å². The zero-order valence-electron chi connectivity index (χ0n) is 12.5. The summed E-state index contributed by atoms with van der Waals surface area (Å²) in [5, 5.41) is 4.16. The fourth-order valence-electron chi connectivity index (χ4n) is 2.64. The Labute approximate surface area is 127 Å². The average molecular weight is 296 g/mol. The van der Waals surface area contributed by atoms with Crippen LogP contribution in [0.25, 0.3) is 0 Å². The van der Waals surface area contributed by atoms with Gasteiger partial charge in [-0.3, -0.25) is 0 Å². The first-order chi connectivity index (χ1) is 9.79. The van der Waals surface area contributed by atoms with Crippen LogP contribution in [0, 0.1) is 0 Å². The zero-order valence-corrected chi connectivity index (χ0v) is 13.2. The van der Waals surface area contributed by atoms with Crippen molar-refractivity contribution in [1.82, 2.24) is 5.32 Å². The van der Waals surface area contributed by atoms with Crippen LogP contribution < -0.4 is 10.1 Å². The number of aryl methyl sites for hydroxylation is 1. The van der Waals surface area contributed by atoms with Gasteiger partial charge < -0.3 is 10.1 Å². The molecule has 0 amide bonds. The van der Waals surface area contributed by atoms with Crippen molar-refractivity contribution in [3.05, 3.63) is 28.8 Å². The maximum atomic E-state index is 6.36. The SMILES string of the molecule is CCCCCCCc1ccc(OC2CCNC2)cc1Cl. The highest BCUT2D eigenvalue weighted by Gasteiger charge is 2.16. The van der Waals surface area contributed by atoms with Gasteiger partial charge in [-0.2, -0.15) is 0 Å². The Hall–Kier alpha value is -0.730. The van der Waals surface area contributed by atoms with E-state index in [4.69, 9.17) is 16.3 Å². The molecule has 1 unspecified atom stereocenters. The molecular formula is C17H26ClNO. The summed E-state index contributed by atoms with van der Waals surface area (Å²) >= 11 is 6.36. The largest absolute Gasteiger partial charge is 0.489 e. The fraction of sp³-hybridized carbons (Fsp3) is 0.647. The lowest BCUT2D eigenvalue weighted by molar-refractivity contribution is 0.223. The number of nitrogens with one attached hydrogen (secondary N) is 1. The van der Waals surface area contributed by atoms with Gasteiger partial charge >= 0.3 is 0 Å². The number of ether oxygens (including phenoxy) is 1. The van der Waals surface area contributed by atoms with Crippen molar-refractivity contribution in [3.8, 4) is 5.75 Å². The van der Waals surface area contributed by atoms with E-state index in [1.165, 1.54) is 37.7 Å². The molecule has 1 aromatic rings. The fourth-order valence-corrected chi connectivity index (χ4v) is 2.91. The summed E-state index contributed by atoms with van der Waals surface area (Å²) in [6.07, 6.45) is 8.96. The maximum absolute atomic E-state index is 6.36. The molecule has 0 bridgehead atoms. The number of unbranched alkanes of at least 4 members (excludes halogenated alkanes) is 4. The minimum atomic E-state index is 0.297. The monoisotopic (exact) mass is 295 g/mol. The van der Waals surface area contributed by atoms with Gasteiger partial charge in [0.2, 0.25) is 0 Å².